The molecule has 0 fully saturated rings. The van der Waals surface area contributed by atoms with E-state index in [1.165, 1.54) is 23.9 Å². The van der Waals surface area contributed by atoms with E-state index in [9.17, 15) is 4.79 Å². The van der Waals surface area contributed by atoms with Crippen LogP contribution in [-0.4, -0.2) is 27.5 Å². The summed E-state index contributed by atoms with van der Waals surface area (Å²) >= 11 is 7.83. The third-order valence-corrected chi connectivity index (χ3v) is 5.44. The molecule has 0 unspecified atom stereocenters. The Morgan fingerprint density at radius 3 is 2.90 bits per heavy atom. The number of halogens is 1. The van der Waals surface area contributed by atoms with Crippen molar-refractivity contribution in [3.63, 3.8) is 0 Å². The molecule has 150 valence electrons. The van der Waals surface area contributed by atoms with Gasteiger partial charge in [-0.3, -0.25) is 0 Å². The Bertz CT molecular complexity index is 1190. The van der Waals surface area contributed by atoms with Gasteiger partial charge in [-0.1, -0.05) is 41.9 Å². The van der Waals surface area contributed by atoms with E-state index in [0.29, 0.717) is 10.8 Å². The van der Waals surface area contributed by atoms with E-state index in [0.717, 1.165) is 27.5 Å². The lowest BCUT2D eigenvalue weighted by Crippen LogP contribution is -2.09. The summed E-state index contributed by atoms with van der Waals surface area (Å²) in [6.07, 6.45) is 2.82. The van der Waals surface area contributed by atoms with E-state index in [-0.39, 0.29) is 12.2 Å². The number of carbonyl (C=O) groups excluding carboxylic acids is 1. The largest absolute Gasteiger partial charge is 0.462 e. The minimum Gasteiger partial charge on any atom is -0.462 e. The first-order chi connectivity index (χ1) is 14.7. The zero-order valence-electron chi connectivity index (χ0n) is 16.0. The van der Waals surface area contributed by atoms with Crippen molar-refractivity contribution in [2.24, 2.45) is 0 Å². The number of nitrogens with one attached hydrogen (secondary N) is 1. The molecular weight excluding hydrogens is 420 g/mol. The number of hydrogen-bond donors (Lipinski definition) is 1. The highest BCUT2D eigenvalue weighted by Gasteiger charge is 2.15. The lowest BCUT2D eigenvalue weighted by Gasteiger charge is -2.10. The Kier molecular flexibility index (Phi) is 6.02. The summed E-state index contributed by atoms with van der Waals surface area (Å²) in [5.41, 5.74) is 3.72. The molecule has 8 heteroatoms. The summed E-state index contributed by atoms with van der Waals surface area (Å²) in [6, 6.07) is 15.4. The van der Waals surface area contributed by atoms with Crippen LogP contribution in [0.4, 0.5) is 11.5 Å². The molecule has 2 aromatic carbocycles. The van der Waals surface area contributed by atoms with Crippen LogP contribution in [0.2, 0.25) is 5.02 Å². The number of nitrogens with zero attached hydrogens (tertiary/aromatic N) is 3. The Morgan fingerprint density at radius 1 is 1.20 bits per heavy atom. The van der Waals surface area contributed by atoms with Gasteiger partial charge in [0.25, 0.3) is 0 Å². The summed E-state index contributed by atoms with van der Waals surface area (Å²) in [4.78, 5) is 25.0. The second-order valence-electron chi connectivity index (χ2n) is 6.23. The number of benzene rings is 2. The lowest BCUT2D eigenvalue weighted by atomic mass is 10.1. The monoisotopic (exact) mass is 436 g/mol. The van der Waals surface area contributed by atoms with Crippen molar-refractivity contribution in [3.05, 3.63) is 77.0 Å². The zero-order chi connectivity index (χ0) is 20.9. The summed E-state index contributed by atoms with van der Waals surface area (Å²) in [7, 11) is 0. The highest BCUT2D eigenvalue weighted by atomic mass is 35.5. The number of carbonyl (C=O) groups is 1. The Morgan fingerprint density at radius 2 is 2.07 bits per heavy atom. The Hall–Kier alpha value is -3.29. The van der Waals surface area contributed by atoms with Crippen LogP contribution in [0.15, 0.2) is 66.4 Å². The van der Waals surface area contributed by atoms with Gasteiger partial charge in [0.15, 0.2) is 0 Å². The van der Waals surface area contributed by atoms with Gasteiger partial charge in [-0.15, -0.1) is 11.3 Å². The zero-order valence-corrected chi connectivity index (χ0v) is 17.6. The molecule has 4 rings (SSSR count). The molecule has 4 aromatic rings. The fraction of sp³-hybridized carbons (Fsp3) is 0.0909. The van der Waals surface area contributed by atoms with Crippen LogP contribution in [0.5, 0.6) is 0 Å². The Labute approximate surface area is 182 Å². The summed E-state index contributed by atoms with van der Waals surface area (Å²) in [5, 5.41) is 6.69. The highest BCUT2D eigenvalue weighted by Crippen LogP contribution is 2.33. The quantitative estimate of drug-likeness (QED) is 0.382. The van der Waals surface area contributed by atoms with E-state index in [1.807, 2.05) is 53.9 Å². The first-order valence-corrected chi connectivity index (χ1v) is 10.5. The van der Waals surface area contributed by atoms with E-state index in [1.54, 1.807) is 6.92 Å². The maximum atomic E-state index is 12.1. The van der Waals surface area contributed by atoms with Crippen molar-refractivity contribution in [2.75, 3.05) is 11.9 Å². The lowest BCUT2D eigenvalue weighted by molar-refractivity contribution is 0.0526. The second kappa shape index (κ2) is 9.02. The average molecular weight is 437 g/mol. The topological polar surface area (TPSA) is 77.0 Å². The van der Waals surface area contributed by atoms with Gasteiger partial charge in [-0.25, -0.2) is 19.7 Å². The molecule has 0 aliphatic carbocycles. The molecule has 2 heterocycles. The minimum absolute atomic E-state index is 0.277. The predicted molar refractivity (Wildman–Crippen MR) is 119 cm³/mol. The molecule has 0 saturated carbocycles. The third-order valence-electron chi connectivity index (χ3n) is 4.24. The first kappa shape index (κ1) is 20.0. The maximum Gasteiger partial charge on any atom is 0.343 e. The summed E-state index contributed by atoms with van der Waals surface area (Å²) in [5.74, 6) is -0.0868. The van der Waals surface area contributed by atoms with Crippen molar-refractivity contribution in [1.82, 2.24) is 15.0 Å². The number of hydrogen-bond acceptors (Lipinski definition) is 7. The van der Waals surface area contributed by atoms with Crippen LogP contribution in [0, 0.1) is 0 Å². The molecule has 0 saturated heterocycles. The van der Waals surface area contributed by atoms with Crippen LogP contribution in [-0.2, 0) is 4.74 Å². The van der Waals surface area contributed by atoms with Crippen LogP contribution >= 0.6 is 22.9 Å². The van der Waals surface area contributed by atoms with Crippen molar-refractivity contribution >= 4 is 40.4 Å². The Balaban J connectivity index is 1.61. The van der Waals surface area contributed by atoms with Gasteiger partial charge >= 0.3 is 5.97 Å². The number of aromatic nitrogens is 3. The van der Waals surface area contributed by atoms with E-state index >= 15 is 0 Å². The normalized spacial score (nSPS) is 10.6. The smallest absolute Gasteiger partial charge is 0.343 e. The molecular formula is C22H17ClN4O2S. The minimum atomic E-state index is -0.472. The van der Waals surface area contributed by atoms with Gasteiger partial charge in [-0.05, 0) is 25.1 Å². The van der Waals surface area contributed by atoms with Crippen molar-refractivity contribution in [1.29, 1.82) is 0 Å². The maximum absolute atomic E-state index is 12.1. The number of ether oxygens (including phenoxy) is 1. The van der Waals surface area contributed by atoms with Gasteiger partial charge in [0.1, 0.15) is 22.7 Å². The highest BCUT2D eigenvalue weighted by molar-refractivity contribution is 7.13. The molecule has 0 aliphatic heterocycles. The van der Waals surface area contributed by atoms with Gasteiger partial charge in [-0.2, -0.15) is 0 Å². The van der Waals surface area contributed by atoms with Crippen molar-refractivity contribution in [2.45, 2.75) is 6.92 Å². The molecule has 1 N–H and O–H groups in total. The van der Waals surface area contributed by atoms with Crippen molar-refractivity contribution in [3.8, 4) is 21.8 Å². The molecule has 0 radical (unpaired) electrons. The standard InChI is InChI=1S/C22H17ClN4O2S/c1-2-29-22(28)17-11-24-13-25-20(17)26-15-7-5-6-14(10-15)19-12-30-21(27-19)16-8-3-4-9-18(16)23/h3-13H,2H2,1H3,(H,24,25,26). The summed E-state index contributed by atoms with van der Waals surface area (Å²) < 4.78 is 5.08. The summed E-state index contributed by atoms with van der Waals surface area (Å²) in [6.45, 7) is 2.03. The van der Waals surface area contributed by atoms with E-state index < -0.39 is 5.97 Å². The fourth-order valence-corrected chi connectivity index (χ4v) is 3.99. The van der Waals surface area contributed by atoms with Crippen LogP contribution in [0.3, 0.4) is 0 Å². The molecule has 0 bridgehead atoms. The molecule has 30 heavy (non-hydrogen) atoms. The van der Waals surface area contributed by atoms with Crippen LogP contribution < -0.4 is 5.32 Å². The van der Waals surface area contributed by atoms with Gasteiger partial charge in [0.05, 0.1) is 17.3 Å². The molecule has 2 aromatic heterocycles. The van der Waals surface area contributed by atoms with Gasteiger partial charge < -0.3 is 10.1 Å². The average Bonchev–Trinajstić information content (AvgIpc) is 3.25. The van der Waals surface area contributed by atoms with Crippen LogP contribution in [0.25, 0.3) is 21.8 Å². The predicted octanol–water partition coefficient (Wildman–Crippen LogP) is 5.84. The van der Waals surface area contributed by atoms with Crippen molar-refractivity contribution < 1.29 is 9.53 Å². The number of esters is 1. The molecule has 0 amide bonds. The second-order valence-corrected chi connectivity index (χ2v) is 7.49. The van der Waals surface area contributed by atoms with Gasteiger partial charge in [0.2, 0.25) is 0 Å². The van der Waals surface area contributed by atoms with E-state index in [2.05, 4.69) is 15.3 Å². The van der Waals surface area contributed by atoms with Crippen LogP contribution in [0.1, 0.15) is 17.3 Å². The number of rotatable bonds is 6. The number of thiazole rings is 1. The first-order valence-electron chi connectivity index (χ1n) is 9.20. The SMILES string of the molecule is CCOC(=O)c1cncnc1Nc1cccc(-c2csc(-c3ccccc3Cl)n2)c1. The molecule has 0 spiro atoms. The molecule has 0 atom stereocenters. The number of anilines is 2. The van der Waals surface area contributed by atoms with Gasteiger partial charge in [0, 0.05) is 28.4 Å². The molecule has 6 nitrogen and oxygen atoms in total. The third kappa shape index (κ3) is 4.32. The fourth-order valence-electron chi connectivity index (χ4n) is 2.85. The van der Waals surface area contributed by atoms with E-state index in [4.69, 9.17) is 21.3 Å². The molecule has 0 aliphatic rings.